The highest BCUT2D eigenvalue weighted by Crippen LogP contribution is 2.55. The van der Waals surface area contributed by atoms with Crippen LogP contribution in [0.25, 0.3) is 0 Å². The summed E-state index contributed by atoms with van der Waals surface area (Å²) in [4.78, 5) is 0. The van der Waals surface area contributed by atoms with E-state index in [0.717, 1.165) is 5.25 Å². The topological polar surface area (TPSA) is 0 Å². The molecular weight excluding hydrogens is 392 g/mol. The summed E-state index contributed by atoms with van der Waals surface area (Å²) in [5.41, 5.74) is 7.62. The molecule has 0 aromatic rings. The van der Waals surface area contributed by atoms with Gasteiger partial charge in [0, 0.05) is 10.00 Å². The lowest BCUT2D eigenvalue weighted by atomic mass is 10.0. The number of rotatable bonds is 15. The van der Waals surface area contributed by atoms with E-state index in [0.29, 0.717) is 4.75 Å². The van der Waals surface area contributed by atoms with Crippen molar-refractivity contribution in [1.82, 2.24) is 0 Å². The summed E-state index contributed by atoms with van der Waals surface area (Å²) < 4.78 is 0.549. The summed E-state index contributed by atoms with van der Waals surface area (Å²) >= 11 is 2.14. The number of hydrogen-bond acceptors (Lipinski definition) is 1. The van der Waals surface area contributed by atoms with Crippen LogP contribution in [0.4, 0.5) is 0 Å². The number of thioether (sulfide) groups is 1. The van der Waals surface area contributed by atoms with Crippen molar-refractivity contribution in [1.29, 1.82) is 0 Å². The van der Waals surface area contributed by atoms with Gasteiger partial charge >= 0.3 is 0 Å². The molecule has 0 radical (unpaired) electrons. The van der Waals surface area contributed by atoms with Crippen LogP contribution in [0, 0.1) is 0 Å². The molecule has 1 atom stereocenters. The first-order chi connectivity index (χ1) is 14.6. The lowest BCUT2D eigenvalue weighted by Crippen LogP contribution is -2.02. The highest BCUT2D eigenvalue weighted by Gasteiger charge is 2.45. The fourth-order valence-electron chi connectivity index (χ4n) is 3.85. The molecule has 0 amide bonds. The molecule has 1 heterocycles. The second-order valence-electron chi connectivity index (χ2n) is 10.4. The zero-order chi connectivity index (χ0) is 23.3. The molecule has 1 aliphatic heterocycles. The van der Waals surface area contributed by atoms with Gasteiger partial charge in [-0.15, -0.1) is 11.8 Å². The molecule has 1 aliphatic rings. The van der Waals surface area contributed by atoms with Gasteiger partial charge in [-0.05, 0) is 120 Å². The average molecular weight is 443 g/mol. The van der Waals surface area contributed by atoms with Gasteiger partial charge in [0.05, 0.1) is 0 Å². The van der Waals surface area contributed by atoms with E-state index in [1.807, 2.05) is 0 Å². The Balaban J connectivity index is 2.15. The van der Waals surface area contributed by atoms with Crippen LogP contribution in [0.5, 0.6) is 0 Å². The maximum atomic E-state index is 2.47. The van der Waals surface area contributed by atoms with Gasteiger partial charge in [-0.25, -0.2) is 0 Å². The van der Waals surface area contributed by atoms with Crippen molar-refractivity contribution >= 4 is 11.8 Å². The van der Waals surface area contributed by atoms with Crippen molar-refractivity contribution in [3.63, 3.8) is 0 Å². The van der Waals surface area contributed by atoms with Crippen LogP contribution >= 0.6 is 11.8 Å². The molecule has 1 fully saturated rings. The predicted octanol–water partition coefficient (Wildman–Crippen LogP) is 10.5. The molecule has 0 nitrogen and oxygen atoms in total. The van der Waals surface area contributed by atoms with Gasteiger partial charge in [-0.2, -0.15) is 0 Å². The Hall–Kier alpha value is -0.950. The van der Waals surface area contributed by atoms with Crippen LogP contribution in [0.1, 0.15) is 120 Å². The third kappa shape index (κ3) is 14.7. The molecular formula is C30H50S. The highest BCUT2D eigenvalue weighted by molar-refractivity contribution is 8.08. The third-order valence-electron chi connectivity index (χ3n) is 6.27. The Morgan fingerprint density at radius 3 is 1.32 bits per heavy atom. The Kier molecular flexibility index (Phi) is 13.6. The van der Waals surface area contributed by atoms with E-state index < -0.39 is 0 Å². The fourth-order valence-corrected chi connectivity index (χ4v) is 4.87. The van der Waals surface area contributed by atoms with Crippen molar-refractivity contribution in [2.75, 3.05) is 0 Å². The minimum Gasteiger partial charge on any atom is -0.150 e. The number of allylic oxidation sites excluding steroid dienone is 10. The first kappa shape index (κ1) is 28.1. The SMILES string of the molecule is CC(C)=CCCC(C)=CCCC(C)=CCCC=C(C)CCC=C(C)CCC1SC1(C)C. The Morgan fingerprint density at radius 1 is 0.581 bits per heavy atom. The summed E-state index contributed by atoms with van der Waals surface area (Å²) in [5, 5.41) is 0.890. The van der Waals surface area contributed by atoms with Gasteiger partial charge in [0.25, 0.3) is 0 Å². The van der Waals surface area contributed by atoms with E-state index in [1.54, 1.807) is 11.1 Å². The average Bonchev–Trinajstić information content (AvgIpc) is 3.30. The first-order valence-corrected chi connectivity index (χ1v) is 13.4. The van der Waals surface area contributed by atoms with Crippen LogP contribution in [0.15, 0.2) is 58.2 Å². The molecule has 31 heavy (non-hydrogen) atoms. The third-order valence-corrected chi connectivity index (χ3v) is 8.02. The lowest BCUT2D eigenvalue weighted by molar-refractivity contribution is 0.696. The molecule has 0 aromatic heterocycles. The van der Waals surface area contributed by atoms with Crippen LogP contribution in [-0.2, 0) is 0 Å². The fraction of sp³-hybridized carbons (Fsp3) is 0.667. The van der Waals surface area contributed by atoms with Crippen molar-refractivity contribution in [3.8, 4) is 0 Å². The second-order valence-corrected chi connectivity index (χ2v) is 12.3. The summed E-state index contributed by atoms with van der Waals surface area (Å²) in [6.07, 6.45) is 24.3. The molecule has 1 heteroatoms. The van der Waals surface area contributed by atoms with Gasteiger partial charge in [0.2, 0.25) is 0 Å². The molecule has 1 rings (SSSR count). The van der Waals surface area contributed by atoms with E-state index >= 15 is 0 Å². The second kappa shape index (κ2) is 15.0. The summed E-state index contributed by atoms with van der Waals surface area (Å²) in [7, 11) is 0. The smallest absolute Gasteiger partial charge is 0.0225 e. The summed E-state index contributed by atoms with van der Waals surface area (Å²) in [5.74, 6) is 0. The number of hydrogen-bond donors (Lipinski definition) is 0. The zero-order valence-corrected chi connectivity index (χ0v) is 22.8. The monoisotopic (exact) mass is 442 g/mol. The first-order valence-electron chi connectivity index (χ1n) is 12.5. The van der Waals surface area contributed by atoms with Crippen molar-refractivity contribution in [2.45, 2.75) is 130 Å². The van der Waals surface area contributed by atoms with Crippen molar-refractivity contribution in [3.05, 3.63) is 58.2 Å². The molecule has 0 aromatic carbocycles. The van der Waals surface area contributed by atoms with E-state index in [1.165, 1.54) is 80.9 Å². The van der Waals surface area contributed by atoms with E-state index in [2.05, 4.69) is 97.5 Å². The minimum absolute atomic E-state index is 0.549. The van der Waals surface area contributed by atoms with E-state index in [9.17, 15) is 0 Å². The molecule has 0 saturated carbocycles. The standard InChI is InChI=1S/C30H50S/c1-24(2)14-11-17-27(5)20-12-18-25(3)15-9-10-16-26(4)19-13-21-28(6)22-23-29-30(7,8)31-29/h14-16,20-21,29H,9-13,17-19,22-23H2,1-8H3. The predicted molar refractivity (Wildman–Crippen MR) is 146 cm³/mol. The highest BCUT2D eigenvalue weighted by atomic mass is 32.2. The Morgan fingerprint density at radius 2 is 0.935 bits per heavy atom. The molecule has 0 aliphatic carbocycles. The number of unbranched alkanes of at least 4 members (excludes halogenated alkanes) is 1. The van der Waals surface area contributed by atoms with Gasteiger partial charge in [0.1, 0.15) is 0 Å². The van der Waals surface area contributed by atoms with Gasteiger partial charge in [0.15, 0.2) is 0 Å². The quantitative estimate of drug-likeness (QED) is 0.138. The van der Waals surface area contributed by atoms with Gasteiger partial charge in [-0.3, -0.25) is 0 Å². The van der Waals surface area contributed by atoms with Gasteiger partial charge < -0.3 is 0 Å². The molecule has 1 saturated heterocycles. The van der Waals surface area contributed by atoms with Crippen molar-refractivity contribution in [2.24, 2.45) is 0 Å². The van der Waals surface area contributed by atoms with Crippen LogP contribution < -0.4 is 0 Å². The molecule has 176 valence electrons. The van der Waals surface area contributed by atoms with Crippen LogP contribution in [-0.4, -0.2) is 10.00 Å². The van der Waals surface area contributed by atoms with Crippen LogP contribution in [0.2, 0.25) is 0 Å². The van der Waals surface area contributed by atoms with Crippen LogP contribution in [0.3, 0.4) is 0 Å². The van der Waals surface area contributed by atoms with Gasteiger partial charge in [-0.1, -0.05) is 58.2 Å². The lowest BCUT2D eigenvalue weighted by Gasteiger charge is -2.03. The maximum Gasteiger partial charge on any atom is 0.0225 e. The maximum absolute atomic E-state index is 2.47. The summed E-state index contributed by atoms with van der Waals surface area (Å²) in [6.45, 7) is 18.3. The van der Waals surface area contributed by atoms with E-state index in [4.69, 9.17) is 0 Å². The Labute approximate surface area is 199 Å². The normalized spacial score (nSPS) is 19.5. The largest absolute Gasteiger partial charge is 0.150 e. The minimum atomic E-state index is 0.549. The molecule has 0 spiro atoms. The molecule has 0 N–H and O–H groups in total. The van der Waals surface area contributed by atoms with E-state index in [-0.39, 0.29) is 0 Å². The zero-order valence-electron chi connectivity index (χ0n) is 21.9. The molecule has 0 bridgehead atoms. The summed E-state index contributed by atoms with van der Waals surface area (Å²) in [6, 6.07) is 0. The molecule has 1 unspecified atom stereocenters. The Bertz CT molecular complexity index is 677. The van der Waals surface area contributed by atoms with Crippen molar-refractivity contribution < 1.29 is 0 Å².